The maximum absolute atomic E-state index is 13.2. The first kappa shape index (κ1) is 30.5. The highest BCUT2D eigenvalue weighted by Crippen LogP contribution is 2.16. The van der Waals surface area contributed by atoms with Gasteiger partial charge in [0.15, 0.2) is 0 Å². The van der Waals surface area contributed by atoms with E-state index in [0.29, 0.717) is 0 Å². The highest BCUT2D eigenvalue weighted by molar-refractivity contribution is 5.92. The van der Waals surface area contributed by atoms with Crippen LogP contribution in [0.4, 0.5) is 0 Å². The maximum atomic E-state index is 13.2. The van der Waals surface area contributed by atoms with Crippen molar-refractivity contribution in [3.05, 3.63) is 120 Å². The smallest absolute Gasteiger partial charge is 0.326 e. The summed E-state index contributed by atoms with van der Waals surface area (Å²) in [6.07, 6.45) is 0.353. The molecule has 41 heavy (non-hydrogen) atoms. The van der Waals surface area contributed by atoms with Crippen LogP contribution in [0.3, 0.4) is 0 Å². The first-order valence-corrected chi connectivity index (χ1v) is 13.0. The number of fused-ring (bicyclic) bond motifs is 1. The van der Waals surface area contributed by atoms with Gasteiger partial charge in [0.1, 0.15) is 12.1 Å². The molecule has 0 radical (unpaired) electrons. The molecule has 0 heterocycles. The fraction of sp³-hybridized carbons (Fsp3) is 0.188. The Morgan fingerprint density at radius 3 is 1.78 bits per heavy atom. The topological polar surface area (TPSA) is 156 Å². The number of rotatable bonds is 12. The van der Waals surface area contributed by atoms with Gasteiger partial charge in [0, 0.05) is 12.8 Å². The van der Waals surface area contributed by atoms with Crippen LogP contribution < -0.4 is 16.0 Å². The zero-order chi connectivity index (χ0) is 28.3. The molecule has 0 aliphatic carbocycles. The summed E-state index contributed by atoms with van der Waals surface area (Å²) >= 11 is 0. The Bertz CT molecular complexity index is 1480. The molecular formula is C32H33N3O6. The fourth-order valence-electron chi connectivity index (χ4n) is 4.40. The number of carbonyl (C=O) groups excluding carboxylic acids is 3. The molecule has 0 unspecified atom stereocenters. The van der Waals surface area contributed by atoms with E-state index >= 15 is 0 Å². The minimum Gasteiger partial charge on any atom is -0.480 e. The van der Waals surface area contributed by atoms with Gasteiger partial charge in [-0.05, 0) is 27.5 Å². The van der Waals surface area contributed by atoms with E-state index in [1.807, 2.05) is 78.9 Å². The quantitative estimate of drug-likeness (QED) is 0.211. The van der Waals surface area contributed by atoms with E-state index in [1.54, 1.807) is 24.3 Å². The summed E-state index contributed by atoms with van der Waals surface area (Å²) in [7, 11) is 0. The Kier molecular flexibility index (Phi) is 11.1. The van der Waals surface area contributed by atoms with E-state index in [0.717, 1.165) is 27.5 Å². The first-order valence-electron chi connectivity index (χ1n) is 13.0. The molecule has 6 N–H and O–H groups in total. The van der Waals surface area contributed by atoms with Crippen molar-refractivity contribution in [2.75, 3.05) is 6.54 Å². The molecule has 4 rings (SSSR count). The number of carboxylic acid groups (broad SMARTS) is 1. The summed E-state index contributed by atoms with van der Waals surface area (Å²) in [6, 6.07) is 29.5. The van der Waals surface area contributed by atoms with Crippen molar-refractivity contribution in [1.29, 1.82) is 0 Å². The van der Waals surface area contributed by atoms with E-state index in [-0.39, 0.29) is 37.2 Å². The molecular weight excluding hydrogens is 522 g/mol. The second-order valence-corrected chi connectivity index (χ2v) is 9.53. The molecule has 3 amide bonds. The standard InChI is InChI=1S/C32H31N3O5.H2O/c36-29(20-24-15-16-25-13-7-8-14-26(25)17-24)33-21-30(37)34-27(18-22-9-3-1-4-10-22)31(38)35-28(32(39)40)19-23-11-5-2-6-12-23;/h1-17,27-28H,18-21H2,(H,33,36)(H,34,37)(H,35,38)(H,39,40);1H2/t27-,28-;/m0./s1. The zero-order valence-electron chi connectivity index (χ0n) is 22.4. The summed E-state index contributed by atoms with van der Waals surface area (Å²) in [5.41, 5.74) is 2.36. The lowest BCUT2D eigenvalue weighted by molar-refractivity contribution is -0.142. The molecule has 4 aromatic rings. The lowest BCUT2D eigenvalue weighted by Gasteiger charge is -2.22. The van der Waals surface area contributed by atoms with Crippen LogP contribution in [0.5, 0.6) is 0 Å². The molecule has 9 nitrogen and oxygen atoms in total. The summed E-state index contributed by atoms with van der Waals surface area (Å²) in [5, 5.41) is 19.6. The SMILES string of the molecule is O.O=C(Cc1ccc2ccccc2c1)NCC(=O)N[C@@H](Cc1ccccc1)C(=O)N[C@@H](Cc1ccccc1)C(=O)O. The van der Waals surface area contributed by atoms with Gasteiger partial charge in [-0.15, -0.1) is 0 Å². The molecule has 0 aliphatic heterocycles. The van der Waals surface area contributed by atoms with Crippen molar-refractivity contribution in [1.82, 2.24) is 16.0 Å². The van der Waals surface area contributed by atoms with Crippen LogP contribution in [0, 0.1) is 0 Å². The Labute approximate surface area is 237 Å². The molecule has 0 bridgehead atoms. The predicted octanol–water partition coefficient (Wildman–Crippen LogP) is 2.21. The Morgan fingerprint density at radius 1 is 0.610 bits per heavy atom. The maximum Gasteiger partial charge on any atom is 0.326 e. The Balaban J connectivity index is 0.00000462. The number of hydrogen-bond acceptors (Lipinski definition) is 4. The number of carbonyl (C=O) groups is 4. The van der Waals surface area contributed by atoms with Crippen molar-refractivity contribution < 1.29 is 29.8 Å². The second-order valence-electron chi connectivity index (χ2n) is 9.53. The third kappa shape index (κ3) is 9.29. The van der Waals surface area contributed by atoms with Gasteiger partial charge in [0.25, 0.3) is 0 Å². The third-order valence-electron chi connectivity index (χ3n) is 6.46. The molecule has 2 atom stereocenters. The molecule has 0 aromatic heterocycles. The Morgan fingerprint density at radius 2 is 1.17 bits per heavy atom. The molecule has 4 aromatic carbocycles. The summed E-state index contributed by atoms with van der Waals surface area (Å²) in [5.74, 6) is -2.69. The average Bonchev–Trinajstić information content (AvgIpc) is 2.96. The normalized spacial score (nSPS) is 11.9. The minimum atomic E-state index is -1.18. The zero-order valence-corrected chi connectivity index (χ0v) is 22.4. The first-order chi connectivity index (χ1) is 19.4. The van der Waals surface area contributed by atoms with Gasteiger partial charge in [-0.25, -0.2) is 4.79 Å². The van der Waals surface area contributed by atoms with Crippen LogP contribution in [0.1, 0.15) is 16.7 Å². The van der Waals surface area contributed by atoms with Crippen LogP contribution in [-0.2, 0) is 38.4 Å². The highest BCUT2D eigenvalue weighted by atomic mass is 16.4. The van der Waals surface area contributed by atoms with Crippen LogP contribution in [-0.4, -0.2) is 52.9 Å². The summed E-state index contributed by atoms with van der Waals surface area (Å²) in [6.45, 7) is -0.322. The van der Waals surface area contributed by atoms with Crippen molar-refractivity contribution in [3.63, 3.8) is 0 Å². The summed E-state index contributed by atoms with van der Waals surface area (Å²) < 4.78 is 0. The largest absolute Gasteiger partial charge is 0.480 e. The van der Waals surface area contributed by atoms with Crippen LogP contribution in [0.25, 0.3) is 10.8 Å². The lowest BCUT2D eigenvalue weighted by Crippen LogP contribution is -2.54. The Hall–Kier alpha value is -5.02. The van der Waals surface area contributed by atoms with E-state index < -0.39 is 29.9 Å². The second kappa shape index (κ2) is 14.9. The average molecular weight is 556 g/mol. The van der Waals surface area contributed by atoms with Gasteiger partial charge in [0.05, 0.1) is 13.0 Å². The van der Waals surface area contributed by atoms with Gasteiger partial charge in [-0.1, -0.05) is 103 Å². The van der Waals surface area contributed by atoms with E-state index in [9.17, 15) is 24.3 Å². The van der Waals surface area contributed by atoms with Crippen molar-refractivity contribution >= 4 is 34.5 Å². The molecule has 0 saturated carbocycles. The predicted molar refractivity (Wildman–Crippen MR) is 156 cm³/mol. The monoisotopic (exact) mass is 555 g/mol. The van der Waals surface area contributed by atoms with E-state index in [2.05, 4.69) is 16.0 Å². The van der Waals surface area contributed by atoms with Gasteiger partial charge in [-0.2, -0.15) is 0 Å². The molecule has 0 spiro atoms. The van der Waals surface area contributed by atoms with Gasteiger partial charge < -0.3 is 26.5 Å². The minimum absolute atomic E-state index is 0. The van der Waals surface area contributed by atoms with Crippen molar-refractivity contribution in [2.24, 2.45) is 0 Å². The number of nitrogens with one attached hydrogen (secondary N) is 3. The van der Waals surface area contributed by atoms with Crippen LogP contribution >= 0.6 is 0 Å². The van der Waals surface area contributed by atoms with E-state index in [4.69, 9.17) is 0 Å². The van der Waals surface area contributed by atoms with Crippen molar-refractivity contribution in [3.8, 4) is 0 Å². The number of aliphatic carboxylic acids is 1. The lowest BCUT2D eigenvalue weighted by atomic mass is 10.0. The number of hydrogen-bond donors (Lipinski definition) is 4. The van der Waals surface area contributed by atoms with Gasteiger partial charge in [-0.3, -0.25) is 14.4 Å². The number of amides is 3. The number of carboxylic acids is 1. The molecule has 0 fully saturated rings. The van der Waals surface area contributed by atoms with Crippen molar-refractivity contribution in [2.45, 2.75) is 31.3 Å². The highest BCUT2D eigenvalue weighted by Gasteiger charge is 2.27. The number of benzene rings is 4. The van der Waals surface area contributed by atoms with Gasteiger partial charge >= 0.3 is 5.97 Å². The summed E-state index contributed by atoms with van der Waals surface area (Å²) in [4.78, 5) is 50.4. The molecule has 0 aliphatic rings. The molecule has 0 saturated heterocycles. The van der Waals surface area contributed by atoms with Gasteiger partial charge in [0.2, 0.25) is 17.7 Å². The molecule has 212 valence electrons. The third-order valence-corrected chi connectivity index (χ3v) is 6.46. The molecule has 9 heteroatoms. The fourth-order valence-corrected chi connectivity index (χ4v) is 4.40. The van der Waals surface area contributed by atoms with Crippen LogP contribution in [0.2, 0.25) is 0 Å². The van der Waals surface area contributed by atoms with Crippen LogP contribution in [0.15, 0.2) is 103 Å². The van der Waals surface area contributed by atoms with E-state index in [1.165, 1.54) is 0 Å².